The molecule has 4 aliphatic rings. The standard InChI is InChI=1S/C47H57NO18/c1-23-28(62-41(58)35(63-31(52)19-27(50)39(55)56)33(25-15-11-9-12-16-25)48-42(59)66-43(3,4)5)21-47(60)38(64-40(57)26-17-13-10-14-18-26)36-45(8,37(54)34(53)32(23)44(47,6)7)29(51)20-30-46(36,22-61-30)65-24(2)49/h9-18,27-30,33-36,38,50-51,53,60H,19-22H2,1-8H3,(H,48,59)(H,55,56)/t27-,28-,29-,30+,33-,34+,35+,36-,38-,45+,46-,47+/m0/s1. The lowest BCUT2D eigenvalue weighted by Crippen LogP contribution is -2.81. The molecule has 19 heteroatoms. The molecule has 2 aromatic rings. The number of nitrogens with one attached hydrogen (secondary N) is 1. The molecule has 0 radical (unpaired) electrons. The second kappa shape index (κ2) is 18.2. The van der Waals surface area contributed by atoms with Gasteiger partial charge >= 0.3 is 35.9 Å². The lowest BCUT2D eigenvalue weighted by Gasteiger charge is -2.67. The first-order valence-electron chi connectivity index (χ1n) is 21.5. The lowest BCUT2D eigenvalue weighted by molar-refractivity contribution is -0.346. The Morgan fingerprint density at radius 1 is 0.939 bits per heavy atom. The molecule has 2 aromatic carbocycles. The van der Waals surface area contributed by atoms with Gasteiger partial charge in [-0.25, -0.2) is 19.2 Å². The molecular weight excluding hydrogens is 867 g/mol. The van der Waals surface area contributed by atoms with Crippen LogP contribution in [0.1, 0.15) is 96.6 Å². The SMILES string of the molecule is CC(=O)O[C@@]12CO[C@@H]1C[C@H](O)[C@@]1(C)C(=O)[C@H](O)C3=C(C)[C@@H](OC(=O)[C@H](OC(=O)C[C@H](O)C(=O)O)[C@@H](NC(=O)OC(C)(C)C)c4ccccc4)C[C@@](O)([C@@H](OC(=O)c4ccccc4)[C@H]21)C3(C)C. The van der Waals surface area contributed by atoms with Crippen LogP contribution in [-0.4, -0.2) is 133 Å². The van der Waals surface area contributed by atoms with E-state index in [2.05, 4.69) is 5.32 Å². The van der Waals surface area contributed by atoms with Crippen LogP contribution in [0.2, 0.25) is 0 Å². The Kier molecular flexibility index (Phi) is 13.7. The van der Waals surface area contributed by atoms with Crippen LogP contribution in [0.5, 0.6) is 0 Å². The van der Waals surface area contributed by atoms with Gasteiger partial charge in [0.1, 0.15) is 41.7 Å². The third-order valence-corrected chi connectivity index (χ3v) is 13.4. The predicted octanol–water partition coefficient (Wildman–Crippen LogP) is 2.65. The number of hydrogen-bond donors (Lipinski definition) is 6. The molecule has 1 saturated heterocycles. The Bertz CT molecular complexity index is 2270. The molecular formula is C47H57NO18. The van der Waals surface area contributed by atoms with Crippen molar-refractivity contribution >= 4 is 41.7 Å². The van der Waals surface area contributed by atoms with E-state index in [1.165, 1.54) is 52.0 Å². The quantitative estimate of drug-likeness (QED) is 0.101. The number of carbonyl (C=O) groups excluding carboxylic acids is 6. The predicted molar refractivity (Wildman–Crippen MR) is 226 cm³/mol. The minimum Gasteiger partial charge on any atom is -0.479 e. The number of ketones is 1. The summed E-state index contributed by atoms with van der Waals surface area (Å²) in [5.74, 6) is -9.02. The number of fused-ring (bicyclic) bond motifs is 5. The van der Waals surface area contributed by atoms with Gasteiger partial charge in [-0.15, -0.1) is 0 Å². The van der Waals surface area contributed by atoms with Crippen molar-refractivity contribution < 1.29 is 87.5 Å². The Morgan fingerprint density at radius 3 is 2.09 bits per heavy atom. The average molecular weight is 924 g/mol. The third-order valence-electron chi connectivity index (χ3n) is 13.4. The maximum Gasteiger partial charge on any atom is 0.408 e. The first-order valence-corrected chi connectivity index (χ1v) is 21.5. The van der Waals surface area contributed by atoms with Gasteiger partial charge in [0.25, 0.3) is 0 Å². The van der Waals surface area contributed by atoms with Crippen molar-refractivity contribution in [1.29, 1.82) is 0 Å². The number of benzene rings is 2. The fourth-order valence-electron chi connectivity index (χ4n) is 10.1. The van der Waals surface area contributed by atoms with E-state index in [9.17, 15) is 54.3 Å². The minimum absolute atomic E-state index is 0.0150. The van der Waals surface area contributed by atoms with Crippen LogP contribution in [0.25, 0.3) is 0 Å². The highest BCUT2D eigenvalue weighted by molar-refractivity contribution is 5.94. The average Bonchev–Trinajstić information content (AvgIpc) is 3.23. The number of aliphatic hydroxyl groups is 4. The Hall–Kier alpha value is -5.73. The molecule has 358 valence electrons. The van der Waals surface area contributed by atoms with E-state index in [1.54, 1.807) is 57.2 Å². The summed E-state index contributed by atoms with van der Waals surface area (Å²) in [5.41, 5.74) is -9.22. The van der Waals surface area contributed by atoms with E-state index in [0.29, 0.717) is 0 Å². The molecule has 19 nitrogen and oxygen atoms in total. The molecule has 2 saturated carbocycles. The summed E-state index contributed by atoms with van der Waals surface area (Å²) in [6, 6.07) is 13.7. The van der Waals surface area contributed by atoms with Crippen molar-refractivity contribution in [1.82, 2.24) is 5.32 Å². The number of esters is 4. The Balaban J connectivity index is 1.53. The molecule has 2 bridgehead atoms. The van der Waals surface area contributed by atoms with Crippen LogP contribution in [0, 0.1) is 16.7 Å². The van der Waals surface area contributed by atoms with Crippen LogP contribution in [-0.2, 0) is 52.4 Å². The van der Waals surface area contributed by atoms with Crippen LogP contribution in [0.15, 0.2) is 71.8 Å². The van der Waals surface area contributed by atoms with Crippen LogP contribution < -0.4 is 5.32 Å². The molecule has 1 heterocycles. The fourth-order valence-corrected chi connectivity index (χ4v) is 10.1. The van der Waals surface area contributed by atoms with Crippen molar-refractivity contribution in [3.8, 4) is 0 Å². The number of carboxylic acid groups (broad SMARTS) is 1. The second-order valence-electron chi connectivity index (χ2n) is 19.1. The number of amides is 1. The minimum atomic E-state index is -2.50. The molecule has 66 heavy (non-hydrogen) atoms. The van der Waals surface area contributed by atoms with Gasteiger partial charge in [-0.05, 0) is 63.5 Å². The number of carbonyl (C=O) groups is 7. The molecule has 3 fully saturated rings. The van der Waals surface area contributed by atoms with Gasteiger partial charge in [0, 0.05) is 25.2 Å². The van der Waals surface area contributed by atoms with E-state index in [-0.39, 0.29) is 35.3 Å². The van der Waals surface area contributed by atoms with E-state index in [0.717, 1.165) is 6.92 Å². The zero-order valence-electron chi connectivity index (χ0n) is 37.8. The van der Waals surface area contributed by atoms with Gasteiger partial charge in [-0.3, -0.25) is 14.4 Å². The molecule has 1 amide bonds. The van der Waals surface area contributed by atoms with Crippen LogP contribution in [0.3, 0.4) is 0 Å². The fraction of sp³-hybridized carbons (Fsp3) is 0.553. The van der Waals surface area contributed by atoms with Crippen LogP contribution in [0.4, 0.5) is 4.79 Å². The first-order chi connectivity index (χ1) is 30.7. The molecule has 6 N–H and O–H groups in total. The number of rotatable bonds is 12. The summed E-state index contributed by atoms with van der Waals surface area (Å²) in [6.07, 6.45) is -16.0. The molecule has 0 unspecified atom stereocenters. The summed E-state index contributed by atoms with van der Waals surface area (Å²) in [4.78, 5) is 95.3. The first kappa shape index (κ1) is 49.7. The van der Waals surface area contributed by atoms with E-state index in [1.807, 2.05) is 0 Å². The summed E-state index contributed by atoms with van der Waals surface area (Å²) >= 11 is 0. The number of carboxylic acids is 1. The van der Waals surface area contributed by atoms with E-state index >= 15 is 4.79 Å². The van der Waals surface area contributed by atoms with Crippen molar-refractivity contribution in [3.63, 3.8) is 0 Å². The van der Waals surface area contributed by atoms with Crippen molar-refractivity contribution in [2.24, 2.45) is 16.7 Å². The molecule has 0 spiro atoms. The maximum absolute atomic E-state index is 15.1. The molecule has 0 aromatic heterocycles. The number of aliphatic carboxylic acids is 1. The summed E-state index contributed by atoms with van der Waals surface area (Å²) in [6.45, 7) is 11.2. The Morgan fingerprint density at radius 2 is 1.55 bits per heavy atom. The summed E-state index contributed by atoms with van der Waals surface area (Å²) < 4.78 is 35.3. The maximum atomic E-state index is 15.1. The number of Topliss-reactive ketones (excluding diaryl/α,β-unsaturated/α-hetero) is 1. The number of ether oxygens (including phenoxy) is 6. The highest BCUT2D eigenvalue weighted by atomic mass is 16.6. The second-order valence-corrected chi connectivity index (χ2v) is 19.1. The molecule has 1 aliphatic heterocycles. The van der Waals surface area contributed by atoms with E-state index in [4.69, 9.17) is 28.4 Å². The molecule has 3 aliphatic carbocycles. The van der Waals surface area contributed by atoms with Crippen molar-refractivity contribution in [2.75, 3.05) is 6.61 Å². The lowest BCUT2D eigenvalue weighted by atomic mass is 9.44. The van der Waals surface area contributed by atoms with Gasteiger partial charge in [0.05, 0.1) is 36.0 Å². The largest absolute Gasteiger partial charge is 0.479 e. The summed E-state index contributed by atoms with van der Waals surface area (Å²) in [7, 11) is 0. The zero-order chi connectivity index (χ0) is 48.9. The monoisotopic (exact) mass is 923 g/mol. The topological polar surface area (TPSA) is 288 Å². The van der Waals surface area contributed by atoms with E-state index < -0.39 is 137 Å². The summed E-state index contributed by atoms with van der Waals surface area (Å²) in [5, 5.41) is 59.8. The van der Waals surface area contributed by atoms with Gasteiger partial charge in [0.15, 0.2) is 17.5 Å². The van der Waals surface area contributed by atoms with Gasteiger partial charge < -0.3 is 59.3 Å². The van der Waals surface area contributed by atoms with Gasteiger partial charge in [-0.2, -0.15) is 0 Å². The number of hydrogen-bond acceptors (Lipinski definition) is 17. The van der Waals surface area contributed by atoms with Crippen molar-refractivity contribution in [2.45, 2.75) is 140 Å². The van der Waals surface area contributed by atoms with Gasteiger partial charge in [0.2, 0.25) is 6.10 Å². The molecule has 12 atom stereocenters. The Labute approximate surface area is 380 Å². The third kappa shape index (κ3) is 8.93. The normalized spacial score (nSPS) is 31.4. The van der Waals surface area contributed by atoms with Crippen molar-refractivity contribution in [3.05, 3.63) is 82.9 Å². The number of alkyl carbamates (subject to hydrolysis) is 1. The van der Waals surface area contributed by atoms with Gasteiger partial charge in [-0.1, -0.05) is 62.4 Å². The number of aliphatic hydroxyl groups excluding tert-OH is 3. The highest BCUT2D eigenvalue weighted by Gasteiger charge is 2.78. The van der Waals surface area contributed by atoms with Crippen LogP contribution >= 0.6 is 0 Å². The smallest absolute Gasteiger partial charge is 0.408 e. The zero-order valence-corrected chi connectivity index (χ0v) is 37.8. The molecule has 6 rings (SSSR count). The highest BCUT2D eigenvalue weighted by Crippen LogP contribution is 2.64.